The number of nitrogens with one attached hydrogen (secondary N) is 1. The van der Waals surface area contributed by atoms with Crippen LogP contribution in [0.2, 0.25) is 0 Å². The number of benzene rings is 1. The zero-order chi connectivity index (χ0) is 11.4. The Kier molecular flexibility index (Phi) is 3.75. The van der Waals surface area contributed by atoms with Gasteiger partial charge in [0.2, 0.25) is 0 Å². The molecule has 1 heterocycles. The molecule has 0 spiro atoms. The summed E-state index contributed by atoms with van der Waals surface area (Å²) in [6.45, 7) is 11.3. The topological polar surface area (TPSA) is 15.3 Å². The minimum absolute atomic E-state index is 0.934. The van der Waals surface area contributed by atoms with E-state index in [0.717, 1.165) is 32.7 Å². The second-order valence-electron chi connectivity index (χ2n) is 4.44. The highest BCUT2D eigenvalue weighted by molar-refractivity contribution is 5.30. The molecule has 0 saturated carbocycles. The van der Waals surface area contributed by atoms with E-state index in [9.17, 15) is 0 Å². The molecule has 0 amide bonds. The molecule has 1 N–H and O–H groups in total. The Morgan fingerprint density at radius 3 is 2.50 bits per heavy atom. The van der Waals surface area contributed by atoms with E-state index in [1.54, 1.807) is 0 Å². The Morgan fingerprint density at radius 1 is 1.31 bits per heavy atom. The molecule has 1 aliphatic heterocycles. The van der Waals surface area contributed by atoms with Gasteiger partial charge in [-0.15, -0.1) is 0 Å². The summed E-state index contributed by atoms with van der Waals surface area (Å²) >= 11 is 0. The van der Waals surface area contributed by atoms with Crippen LogP contribution in [0.1, 0.15) is 18.1 Å². The van der Waals surface area contributed by atoms with Gasteiger partial charge >= 0.3 is 0 Å². The lowest BCUT2D eigenvalue weighted by Crippen LogP contribution is -2.25. The fraction of sp³-hybridized carbons (Fsp3) is 0.429. The number of nitrogens with zero attached hydrogens (tertiary/aromatic N) is 1. The molecular formula is C14H20N2. The van der Waals surface area contributed by atoms with Crippen molar-refractivity contribution in [2.24, 2.45) is 0 Å². The fourth-order valence-electron chi connectivity index (χ4n) is 2.19. The van der Waals surface area contributed by atoms with Crippen molar-refractivity contribution in [1.29, 1.82) is 0 Å². The Bertz CT molecular complexity index is 346. The van der Waals surface area contributed by atoms with Crippen molar-refractivity contribution < 1.29 is 0 Å². The zero-order valence-electron chi connectivity index (χ0n) is 10.00. The highest BCUT2D eigenvalue weighted by Crippen LogP contribution is 2.22. The predicted molar refractivity (Wildman–Crippen MR) is 68.2 cm³/mol. The van der Waals surface area contributed by atoms with Gasteiger partial charge in [0.05, 0.1) is 0 Å². The Labute approximate surface area is 98.0 Å². The van der Waals surface area contributed by atoms with Gasteiger partial charge in [0.1, 0.15) is 0 Å². The normalized spacial score (nSPS) is 15.1. The second-order valence-corrected chi connectivity index (χ2v) is 4.44. The van der Waals surface area contributed by atoms with E-state index in [-0.39, 0.29) is 0 Å². The second kappa shape index (κ2) is 5.28. The summed E-state index contributed by atoms with van der Waals surface area (Å²) in [5, 5.41) is 3.32. The number of rotatable bonds is 5. The van der Waals surface area contributed by atoms with E-state index in [4.69, 9.17) is 0 Å². The van der Waals surface area contributed by atoms with E-state index in [1.165, 1.54) is 16.7 Å². The first-order chi connectivity index (χ1) is 7.79. The van der Waals surface area contributed by atoms with Crippen LogP contribution in [0.5, 0.6) is 0 Å². The third kappa shape index (κ3) is 2.71. The van der Waals surface area contributed by atoms with Crippen LogP contribution < -0.4 is 5.32 Å². The molecule has 1 aromatic rings. The summed E-state index contributed by atoms with van der Waals surface area (Å²) in [5.74, 6) is 0. The summed E-state index contributed by atoms with van der Waals surface area (Å²) in [4.78, 5) is 2.45. The predicted octanol–water partition coefficient (Wildman–Crippen LogP) is 2.17. The first-order valence-corrected chi connectivity index (χ1v) is 5.96. The van der Waals surface area contributed by atoms with Crippen molar-refractivity contribution in [3.8, 4) is 0 Å². The van der Waals surface area contributed by atoms with Crippen LogP contribution in [0, 0.1) is 0 Å². The monoisotopic (exact) mass is 216 g/mol. The lowest BCUT2D eigenvalue weighted by atomic mass is 10.1. The molecule has 2 heteroatoms. The highest BCUT2D eigenvalue weighted by atomic mass is 15.1. The smallest absolute Gasteiger partial charge is 0.0243 e. The SMILES string of the molecule is C=C(CNCC)CN1Cc2ccccc2C1. The van der Waals surface area contributed by atoms with Gasteiger partial charge in [-0.1, -0.05) is 37.8 Å². The van der Waals surface area contributed by atoms with Gasteiger partial charge in [-0.2, -0.15) is 0 Å². The summed E-state index contributed by atoms with van der Waals surface area (Å²) in [6, 6.07) is 8.69. The van der Waals surface area contributed by atoms with Gasteiger partial charge in [-0.25, -0.2) is 0 Å². The summed E-state index contributed by atoms with van der Waals surface area (Å²) in [6.07, 6.45) is 0. The maximum absolute atomic E-state index is 4.11. The molecule has 16 heavy (non-hydrogen) atoms. The maximum atomic E-state index is 4.11. The number of fused-ring (bicyclic) bond motifs is 1. The molecule has 0 radical (unpaired) electrons. The van der Waals surface area contributed by atoms with Crippen LogP contribution in [0.15, 0.2) is 36.4 Å². The molecule has 86 valence electrons. The van der Waals surface area contributed by atoms with Gasteiger partial charge in [0.15, 0.2) is 0 Å². The van der Waals surface area contributed by atoms with Crippen molar-refractivity contribution in [2.45, 2.75) is 20.0 Å². The van der Waals surface area contributed by atoms with Crippen molar-refractivity contribution in [3.63, 3.8) is 0 Å². The lowest BCUT2D eigenvalue weighted by molar-refractivity contribution is 0.307. The minimum Gasteiger partial charge on any atom is -0.313 e. The number of hydrogen-bond acceptors (Lipinski definition) is 2. The molecule has 2 rings (SSSR count). The Hall–Kier alpha value is -1.12. The van der Waals surface area contributed by atoms with Crippen molar-refractivity contribution in [1.82, 2.24) is 10.2 Å². The number of hydrogen-bond donors (Lipinski definition) is 1. The molecule has 0 aliphatic carbocycles. The van der Waals surface area contributed by atoms with Crippen LogP contribution in [-0.4, -0.2) is 24.5 Å². The molecule has 1 aromatic carbocycles. The third-order valence-corrected chi connectivity index (χ3v) is 2.98. The van der Waals surface area contributed by atoms with Crippen LogP contribution in [0.3, 0.4) is 0 Å². The van der Waals surface area contributed by atoms with Gasteiger partial charge in [0, 0.05) is 26.2 Å². The van der Waals surface area contributed by atoms with E-state index >= 15 is 0 Å². The molecule has 0 unspecified atom stereocenters. The van der Waals surface area contributed by atoms with Crippen LogP contribution in [-0.2, 0) is 13.1 Å². The average molecular weight is 216 g/mol. The van der Waals surface area contributed by atoms with Crippen molar-refractivity contribution in [3.05, 3.63) is 47.5 Å². The molecule has 0 bridgehead atoms. The largest absolute Gasteiger partial charge is 0.313 e. The third-order valence-electron chi connectivity index (χ3n) is 2.98. The van der Waals surface area contributed by atoms with Crippen molar-refractivity contribution in [2.75, 3.05) is 19.6 Å². The van der Waals surface area contributed by atoms with E-state index in [2.05, 4.69) is 48.0 Å². The first-order valence-electron chi connectivity index (χ1n) is 5.96. The van der Waals surface area contributed by atoms with E-state index in [1.807, 2.05) is 0 Å². The lowest BCUT2D eigenvalue weighted by Gasteiger charge is -2.16. The fourth-order valence-corrected chi connectivity index (χ4v) is 2.19. The average Bonchev–Trinajstić information content (AvgIpc) is 2.68. The molecule has 1 aliphatic rings. The molecule has 0 saturated heterocycles. The highest BCUT2D eigenvalue weighted by Gasteiger charge is 2.17. The van der Waals surface area contributed by atoms with Crippen LogP contribution in [0.25, 0.3) is 0 Å². The van der Waals surface area contributed by atoms with Gasteiger partial charge in [-0.05, 0) is 23.2 Å². The van der Waals surface area contributed by atoms with E-state index < -0.39 is 0 Å². The van der Waals surface area contributed by atoms with Gasteiger partial charge < -0.3 is 5.32 Å². The minimum atomic E-state index is 0.934. The first kappa shape index (κ1) is 11.4. The standard InChI is InChI=1S/C14H20N2/c1-3-15-8-12(2)9-16-10-13-6-4-5-7-14(13)11-16/h4-7,15H,2-3,8-11H2,1H3. The van der Waals surface area contributed by atoms with Crippen molar-refractivity contribution >= 4 is 0 Å². The molecule has 0 fully saturated rings. The quantitative estimate of drug-likeness (QED) is 0.759. The summed E-state index contributed by atoms with van der Waals surface area (Å²) in [7, 11) is 0. The maximum Gasteiger partial charge on any atom is 0.0243 e. The summed E-state index contributed by atoms with van der Waals surface area (Å²) < 4.78 is 0. The van der Waals surface area contributed by atoms with Gasteiger partial charge in [0.25, 0.3) is 0 Å². The molecule has 0 atom stereocenters. The van der Waals surface area contributed by atoms with Crippen LogP contribution >= 0.6 is 0 Å². The zero-order valence-corrected chi connectivity index (χ0v) is 10.00. The molecule has 2 nitrogen and oxygen atoms in total. The van der Waals surface area contributed by atoms with E-state index in [0.29, 0.717) is 0 Å². The molecular weight excluding hydrogens is 196 g/mol. The Morgan fingerprint density at radius 2 is 1.94 bits per heavy atom. The Balaban J connectivity index is 1.85. The number of likely N-dealkylation sites (N-methyl/N-ethyl adjacent to an activating group) is 1. The molecule has 0 aromatic heterocycles. The van der Waals surface area contributed by atoms with Gasteiger partial charge in [-0.3, -0.25) is 4.90 Å². The summed E-state index contributed by atoms with van der Waals surface area (Å²) in [5.41, 5.74) is 4.21. The van der Waals surface area contributed by atoms with Crippen LogP contribution in [0.4, 0.5) is 0 Å².